The summed E-state index contributed by atoms with van der Waals surface area (Å²) < 4.78 is 4.82. The zero-order valence-corrected chi connectivity index (χ0v) is 13.8. The van der Waals surface area contributed by atoms with E-state index in [0.29, 0.717) is 5.56 Å². The summed E-state index contributed by atoms with van der Waals surface area (Å²) in [7, 11) is 1.38. The summed E-state index contributed by atoms with van der Waals surface area (Å²) in [6.07, 6.45) is 5.18. The van der Waals surface area contributed by atoms with Crippen LogP contribution in [-0.4, -0.2) is 23.3 Å². The Morgan fingerprint density at radius 3 is 2.76 bits per heavy atom. The largest absolute Gasteiger partial charge is 0.508 e. The Kier molecular flexibility index (Phi) is 3.64. The van der Waals surface area contributed by atoms with Gasteiger partial charge in [-0.2, -0.15) is 0 Å². The van der Waals surface area contributed by atoms with Crippen LogP contribution in [0.3, 0.4) is 0 Å². The zero-order chi connectivity index (χ0) is 17.6. The van der Waals surface area contributed by atoms with Crippen molar-refractivity contribution in [3.63, 3.8) is 0 Å². The number of nitrogens with one attached hydrogen (secondary N) is 1. The molecule has 0 amide bonds. The van der Waals surface area contributed by atoms with Gasteiger partial charge < -0.3 is 20.3 Å². The molecule has 3 N–H and O–H groups in total. The Morgan fingerprint density at radius 2 is 2.00 bits per heavy atom. The van der Waals surface area contributed by atoms with E-state index >= 15 is 0 Å². The van der Waals surface area contributed by atoms with Crippen molar-refractivity contribution in [2.45, 2.75) is 18.4 Å². The number of ether oxygens (including phenoxy) is 1. The second-order valence-electron chi connectivity index (χ2n) is 6.51. The molecule has 0 bridgehead atoms. The molecule has 4 rings (SSSR count). The number of esters is 1. The lowest BCUT2D eigenvalue weighted by atomic mass is 9.76. The van der Waals surface area contributed by atoms with Crippen LogP contribution in [0.5, 0.6) is 11.5 Å². The molecule has 128 valence electrons. The fourth-order valence-corrected chi connectivity index (χ4v) is 3.94. The van der Waals surface area contributed by atoms with Gasteiger partial charge in [0.15, 0.2) is 0 Å². The molecule has 1 aliphatic heterocycles. The number of benzene rings is 2. The molecule has 3 unspecified atom stereocenters. The number of aromatic hydroxyl groups is 2. The van der Waals surface area contributed by atoms with Crippen LogP contribution in [-0.2, 0) is 4.74 Å². The van der Waals surface area contributed by atoms with E-state index in [4.69, 9.17) is 4.74 Å². The molecule has 0 spiro atoms. The topological polar surface area (TPSA) is 78.8 Å². The Labute approximate surface area is 145 Å². The smallest absolute Gasteiger partial charge is 0.337 e. The average Bonchev–Trinajstić information content (AvgIpc) is 3.10. The minimum absolute atomic E-state index is 0.0428. The van der Waals surface area contributed by atoms with Gasteiger partial charge in [-0.15, -0.1) is 0 Å². The number of rotatable bonds is 2. The van der Waals surface area contributed by atoms with E-state index in [1.54, 1.807) is 18.2 Å². The molecule has 5 nitrogen and oxygen atoms in total. The van der Waals surface area contributed by atoms with Crippen LogP contribution in [0.1, 0.15) is 39.9 Å². The second kappa shape index (κ2) is 5.84. The maximum atomic E-state index is 11.8. The zero-order valence-electron chi connectivity index (χ0n) is 13.8. The third kappa shape index (κ3) is 2.52. The molecular formula is C20H19NO4. The van der Waals surface area contributed by atoms with Crippen molar-refractivity contribution in [1.29, 1.82) is 0 Å². The van der Waals surface area contributed by atoms with Gasteiger partial charge in [0.2, 0.25) is 0 Å². The van der Waals surface area contributed by atoms with Crippen LogP contribution in [0.25, 0.3) is 0 Å². The third-order valence-electron chi connectivity index (χ3n) is 5.13. The van der Waals surface area contributed by atoms with Gasteiger partial charge in [0.1, 0.15) is 11.5 Å². The summed E-state index contributed by atoms with van der Waals surface area (Å²) in [6, 6.07) is 10.1. The number of fused-ring (bicyclic) bond motifs is 3. The summed E-state index contributed by atoms with van der Waals surface area (Å²) in [5.74, 6) is 0.175. The van der Waals surface area contributed by atoms with Gasteiger partial charge in [-0.25, -0.2) is 4.79 Å². The van der Waals surface area contributed by atoms with Crippen LogP contribution in [0, 0.1) is 5.92 Å². The first kappa shape index (κ1) is 15.6. The highest BCUT2D eigenvalue weighted by molar-refractivity contribution is 5.90. The summed E-state index contributed by atoms with van der Waals surface area (Å²) in [5, 5.41) is 23.3. The molecule has 0 fully saturated rings. The predicted molar refractivity (Wildman–Crippen MR) is 93.9 cm³/mol. The fourth-order valence-electron chi connectivity index (χ4n) is 3.94. The van der Waals surface area contributed by atoms with Crippen molar-refractivity contribution >= 4 is 11.7 Å². The van der Waals surface area contributed by atoms with E-state index < -0.39 is 0 Å². The molecule has 2 aliphatic rings. The molecule has 0 radical (unpaired) electrons. The first-order valence-electron chi connectivity index (χ1n) is 8.26. The van der Waals surface area contributed by atoms with Gasteiger partial charge in [-0.05, 0) is 48.2 Å². The molecule has 1 heterocycles. The monoisotopic (exact) mass is 337 g/mol. The number of allylic oxidation sites excluding steroid dienone is 2. The lowest BCUT2D eigenvalue weighted by Crippen LogP contribution is -2.29. The Balaban J connectivity index is 1.77. The minimum atomic E-state index is -0.348. The SMILES string of the molecule is COC(=O)c1ccc2c(c1)C1C=CCC1C(c1ccc(O)cc1O)N2. The van der Waals surface area contributed by atoms with Gasteiger partial charge in [-0.3, -0.25) is 0 Å². The summed E-state index contributed by atoms with van der Waals surface area (Å²) >= 11 is 0. The van der Waals surface area contributed by atoms with E-state index in [2.05, 4.69) is 17.5 Å². The van der Waals surface area contributed by atoms with Crippen molar-refractivity contribution in [1.82, 2.24) is 0 Å². The van der Waals surface area contributed by atoms with E-state index in [9.17, 15) is 15.0 Å². The van der Waals surface area contributed by atoms with Gasteiger partial charge in [0, 0.05) is 23.2 Å². The molecular weight excluding hydrogens is 318 g/mol. The maximum absolute atomic E-state index is 11.8. The number of hydrogen-bond donors (Lipinski definition) is 3. The fraction of sp³-hybridized carbons (Fsp3) is 0.250. The number of methoxy groups -OCH3 is 1. The first-order chi connectivity index (χ1) is 12.1. The molecule has 0 aromatic heterocycles. The number of hydrogen-bond acceptors (Lipinski definition) is 5. The molecule has 3 atom stereocenters. The summed E-state index contributed by atoms with van der Waals surface area (Å²) in [4.78, 5) is 11.8. The van der Waals surface area contributed by atoms with Crippen molar-refractivity contribution in [3.05, 3.63) is 65.2 Å². The molecule has 25 heavy (non-hydrogen) atoms. The van der Waals surface area contributed by atoms with E-state index in [1.165, 1.54) is 13.2 Å². The van der Waals surface area contributed by atoms with Gasteiger partial charge in [-0.1, -0.05) is 12.2 Å². The molecule has 2 aromatic rings. The standard InChI is InChI=1S/C20H19NO4/c1-25-20(24)11-5-8-17-16(9-11)13-3-2-4-14(13)19(21-17)15-7-6-12(22)10-18(15)23/h2-3,5-10,13-14,19,21-23H,4H2,1H3. The molecule has 5 heteroatoms. The Morgan fingerprint density at radius 1 is 1.16 bits per heavy atom. The lowest BCUT2D eigenvalue weighted by Gasteiger charge is -2.37. The number of anilines is 1. The van der Waals surface area contributed by atoms with Crippen molar-refractivity contribution < 1.29 is 19.7 Å². The number of phenolic OH excluding ortho intramolecular Hbond substituents is 2. The predicted octanol–water partition coefficient (Wildman–Crippen LogP) is 3.71. The van der Waals surface area contributed by atoms with Crippen molar-refractivity contribution in [3.8, 4) is 11.5 Å². The highest BCUT2D eigenvalue weighted by Crippen LogP contribution is 2.51. The summed E-state index contributed by atoms with van der Waals surface area (Å²) in [5.41, 5.74) is 3.31. The molecule has 1 aliphatic carbocycles. The van der Waals surface area contributed by atoms with Crippen LogP contribution < -0.4 is 5.32 Å². The van der Waals surface area contributed by atoms with Crippen LogP contribution >= 0.6 is 0 Å². The maximum Gasteiger partial charge on any atom is 0.337 e. The van der Waals surface area contributed by atoms with E-state index in [-0.39, 0.29) is 35.3 Å². The van der Waals surface area contributed by atoms with Crippen LogP contribution in [0.2, 0.25) is 0 Å². The van der Waals surface area contributed by atoms with Gasteiger partial charge in [0.05, 0.1) is 18.7 Å². The van der Waals surface area contributed by atoms with Gasteiger partial charge >= 0.3 is 5.97 Å². The van der Waals surface area contributed by atoms with Crippen molar-refractivity contribution in [2.75, 3.05) is 12.4 Å². The van der Waals surface area contributed by atoms with Crippen LogP contribution in [0.4, 0.5) is 5.69 Å². The Bertz CT molecular complexity index is 874. The summed E-state index contributed by atoms with van der Waals surface area (Å²) in [6.45, 7) is 0. The number of carbonyl (C=O) groups excluding carboxylic acids is 1. The number of carbonyl (C=O) groups is 1. The van der Waals surface area contributed by atoms with Crippen molar-refractivity contribution in [2.24, 2.45) is 5.92 Å². The highest BCUT2D eigenvalue weighted by atomic mass is 16.5. The molecule has 0 saturated heterocycles. The Hall–Kier alpha value is -2.95. The van der Waals surface area contributed by atoms with Gasteiger partial charge in [0.25, 0.3) is 0 Å². The second-order valence-corrected chi connectivity index (χ2v) is 6.51. The lowest BCUT2D eigenvalue weighted by molar-refractivity contribution is 0.0600. The van der Waals surface area contributed by atoms with E-state index in [0.717, 1.165) is 23.2 Å². The first-order valence-corrected chi connectivity index (χ1v) is 8.26. The van der Waals surface area contributed by atoms with Crippen LogP contribution in [0.15, 0.2) is 48.6 Å². The highest BCUT2D eigenvalue weighted by Gasteiger charge is 2.39. The number of phenols is 2. The normalized spacial score (nSPS) is 23.5. The molecule has 0 saturated carbocycles. The minimum Gasteiger partial charge on any atom is -0.508 e. The molecule has 2 aromatic carbocycles. The average molecular weight is 337 g/mol. The van der Waals surface area contributed by atoms with E-state index in [1.807, 2.05) is 12.1 Å². The third-order valence-corrected chi connectivity index (χ3v) is 5.13. The quantitative estimate of drug-likeness (QED) is 0.575.